The van der Waals surface area contributed by atoms with Gasteiger partial charge in [-0.1, -0.05) is 32.0 Å². The third-order valence-corrected chi connectivity index (χ3v) is 3.65. The van der Waals surface area contributed by atoms with Gasteiger partial charge in [-0.25, -0.2) is 4.98 Å². The molecule has 7 nitrogen and oxygen atoms in total. The summed E-state index contributed by atoms with van der Waals surface area (Å²) in [6, 6.07) is 12.1. The first-order valence-electron chi connectivity index (χ1n) is 7.99. The van der Waals surface area contributed by atoms with E-state index in [1.54, 1.807) is 37.3 Å². The molecule has 2 N–H and O–H groups in total. The highest BCUT2D eigenvalue weighted by Crippen LogP contribution is 2.17. The fraction of sp³-hybridized carbons (Fsp3) is 0.222. The van der Waals surface area contributed by atoms with Crippen molar-refractivity contribution in [3.8, 4) is 5.95 Å². The van der Waals surface area contributed by atoms with Gasteiger partial charge in [0.05, 0.1) is 11.4 Å². The third kappa shape index (κ3) is 3.65. The summed E-state index contributed by atoms with van der Waals surface area (Å²) in [5.41, 5.74) is 1.63. The monoisotopic (exact) mass is 337 g/mol. The second kappa shape index (κ2) is 6.72. The van der Waals surface area contributed by atoms with Gasteiger partial charge < -0.3 is 5.32 Å². The highest BCUT2D eigenvalue weighted by atomic mass is 16.1. The Morgan fingerprint density at radius 3 is 2.60 bits per heavy atom. The molecule has 1 amide bonds. The largest absolute Gasteiger partial charge is 0.306 e. The maximum Gasteiger partial charge on any atom is 0.256 e. The summed E-state index contributed by atoms with van der Waals surface area (Å²) in [6.07, 6.45) is 0. The van der Waals surface area contributed by atoms with Crippen LogP contribution in [-0.2, 0) is 0 Å². The van der Waals surface area contributed by atoms with E-state index in [9.17, 15) is 9.59 Å². The molecule has 0 spiro atoms. The highest BCUT2D eigenvalue weighted by Gasteiger charge is 2.15. The predicted octanol–water partition coefficient (Wildman–Crippen LogP) is 2.64. The number of nitrogens with one attached hydrogen (secondary N) is 2. The second-order valence-electron chi connectivity index (χ2n) is 6.05. The number of carbonyl (C=O) groups excluding carboxylic acids is 1. The van der Waals surface area contributed by atoms with E-state index < -0.39 is 0 Å². The number of benzene rings is 1. The molecule has 0 bridgehead atoms. The molecule has 0 saturated heterocycles. The Morgan fingerprint density at radius 2 is 1.92 bits per heavy atom. The highest BCUT2D eigenvalue weighted by molar-refractivity contribution is 6.03. The molecule has 0 aliphatic heterocycles. The lowest BCUT2D eigenvalue weighted by Crippen LogP contribution is -2.19. The Labute approximate surface area is 144 Å². The molecule has 0 aliphatic carbocycles. The molecule has 0 saturated carbocycles. The Morgan fingerprint density at radius 1 is 1.20 bits per heavy atom. The summed E-state index contributed by atoms with van der Waals surface area (Å²) in [7, 11) is 0. The smallest absolute Gasteiger partial charge is 0.256 e. The van der Waals surface area contributed by atoms with Gasteiger partial charge in [-0.15, -0.1) is 0 Å². The zero-order valence-corrected chi connectivity index (χ0v) is 14.3. The molecule has 0 unspecified atom stereocenters. The molecule has 2 aromatic heterocycles. The summed E-state index contributed by atoms with van der Waals surface area (Å²) in [4.78, 5) is 31.5. The Balaban J connectivity index is 1.99. The zero-order chi connectivity index (χ0) is 18.0. The second-order valence-corrected chi connectivity index (χ2v) is 6.05. The number of aryl methyl sites for hydroxylation is 1. The van der Waals surface area contributed by atoms with Crippen LogP contribution in [0.3, 0.4) is 0 Å². The van der Waals surface area contributed by atoms with Gasteiger partial charge in [0, 0.05) is 17.7 Å². The van der Waals surface area contributed by atoms with E-state index >= 15 is 0 Å². The molecule has 0 fully saturated rings. The molecule has 1 aromatic carbocycles. The van der Waals surface area contributed by atoms with Crippen molar-refractivity contribution in [1.29, 1.82) is 0 Å². The van der Waals surface area contributed by atoms with Gasteiger partial charge in [-0.2, -0.15) is 9.78 Å². The third-order valence-electron chi connectivity index (χ3n) is 3.65. The van der Waals surface area contributed by atoms with E-state index in [4.69, 9.17) is 0 Å². The number of rotatable bonds is 4. The van der Waals surface area contributed by atoms with Crippen molar-refractivity contribution >= 4 is 11.7 Å². The summed E-state index contributed by atoms with van der Waals surface area (Å²) >= 11 is 0. The van der Waals surface area contributed by atoms with E-state index in [-0.39, 0.29) is 23.3 Å². The molecule has 0 radical (unpaired) electrons. The molecule has 0 atom stereocenters. The van der Waals surface area contributed by atoms with Gasteiger partial charge in [0.1, 0.15) is 5.82 Å². The quantitative estimate of drug-likeness (QED) is 0.765. The molecule has 25 heavy (non-hydrogen) atoms. The predicted molar refractivity (Wildman–Crippen MR) is 95.2 cm³/mol. The number of anilines is 1. The maximum absolute atomic E-state index is 12.4. The lowest BCUT2D eigenvalue weighted by Gasteiger charge is -2.10. The fourth-order valence-corrected chi connectivity index (χ4v) is 2.39. The Bertz CT molecular complexity index is 957. The average molecular weight is 337 g/mol. The normalized spacial score (nSPS) is 10.9. The van der Waals surface area contributed by atoms with Crippen LogP contribution in [0.1, 0.15) is 41.5 Å². The number of amides is 1. The van der Waals surface area contributed by atoms with Gasteiger partial charge in [0.2, 0.25) is 5.95 Å². The number of aromatic nitrogens is 4. The number of carbonyl (C=O) groups is 1. The van der Waals surface area contributed by atoms with E-state index in [0.717, 1.165) is 0 Å². The molecule has 128 valence electrons. The van der Waals surface area contributed by atoms with Crippen LogP contribution in [0.5, 0.6) is 0 Å². The van der Waals surface area contributed by atoms with Gasteiger partial charge in [-0.3, -0.25) is 14.6 Å². The number of H-pyrrole nitrogens is 1. The molecule has 7 heteroatoms. The van der Waals surface area contributed by atoms with Crippen molar-refractivity contribution in [3.63, 3.8) is 0 Å². The molecular formula is C18H19N5O2. The number of nitrogens with zero attached hydrogens (tertiary/aromatic N) is 3. The Kier molecular flexibility index (Phi) is 4.47. The maximum atomic E-state index is 12.4. The van der Waals surface area contributed by atoms with Crippen LogP contribution in [0, 0.1) is 6.92 Å². The topological polar surface area (TPSA) is 92.7 Å². The standard InChI is InChI=1S/C18H19N5O2/c1-11(2)14-10-16(24)21-18(19-14)23-15(9-12(3)22-23)20-17(25)13-7-5-4-6-8-13/h4-11H,1-3H3,(H,20,25)(H,19,21,24). The van der Waals surface area contributed by atoms with Crippen LogP contribution in [0.25, 0.3) is 5.95 Å². The minimum absolute atomic E-state index is 0.0973. The molecule has 2 heterocycles. The van der Waals surface area contributed by atoms with Crippen LogP contribution in [0.4, 0.5) is 5.82 Å². The van der Waals surface area contributed by atoms with Crippen LogP contribution in [-0.4, -0.2) is 25.7 Å². The van der Waals surface area contributed by atoms with Crippen molar-refractivity contribution in [3.05, 3.63) is 69.8 Å². The van der Waals surface area contributed by atoms with E-state index in [1.165, 1.54) is 10.7 Å². The zero-order valence-electron chi connectivity index (χ0n) is 14.3. The number of aromatic amines is 1. The molecule has 3 rings (SSSR count). The molecule has 0 aliphatic rings. The summed E-state index contributed by atoms with van der Waals surface area (Å²) in [5.74, 6) is 0.548. The van der Waals surface area contributed by atoms with Gasteiger partial charge in [0.25, 0.3) is 11.5 Å². The van der Waals surface area contributed by atoms with Crippen molar-refractivity contribution in [2.45, 2.75) is 26.7 Å². The summed E-state index contributed by atoms with van der Waals surface area (Å²) in [5, 5.41) is 7.15. The lowest BCUT2D eigenvalue weighted by molar-refractivity contribution is 0.102. The SMILES string of the molecule is Cc1cc(NC(=O)c2ccccc2)n(-c2nc(C(C)C)cc(=O)[nH]2)n1. The van der Waals surface area contributed by atoms with E-state index in [1.807, 2.05) is 19.9 Å². The molecule has 3 aromatic rings. The van der Waals surface area contributed by atoms with Crippen molar-refractivity contribution in [1.82, 2.24) is 19.7 Å². The van der Waals surface area contributed by atoms with Crippen molar-refractivity contribution < 1.29 is 4.79 Å². The van der Waals surface area contributed by atoms with Crippen LogP contribution in [0.15, 0.2) is 47.3 Å². The van der Waals surface area contributed by atoms with Crippen LogP contribution >= 0.6 is 0 Å². The first kappa shape index (κ1) is 16.6. The summed E-state index contributed by atoms with van der Waals surface area (Å²) in [6.45, 7) is 5.72. The van der Waals surface area contributed by atoms with Gasteiger partial charge in [0.15, 0.2) is 0 Å². The first-order valence-corrected chi connectivity index (χ1v) is 7.99. The van der Waals surface area contributed by atoms with E-state index in [0.29, 0.717) is 22.8 Å². The minimum Gasteiger partial charge on any atom is -0.306 e. The number of hydrogen-bond acceptors (Lipinski definition) is 4. The molecular weight excluding hydrogens is 318 g/mol. The fourth-order valence-electron chi connectivity index (χ4n) is 2.39. The van der Waals surface area contributed by atoms with Gasteiger partial charge in [-0.05, 0) is 25.0 Å². The number of hydrogen-bond donors (Lipinski definition) is 2. The Hall–Kier alpha value is -3.22. The minimum atomic E-state index is -0.262. The first-order chi connectivity index (χ1) is 11.9. The van der Waals surface area contributed by atoms with Crippen molar-refractivity contribution in [2.24, 2.45) is 0 Å². The lowest BCUT2D eigenvalue weighted by atomic mass is 10.1. The van der Waals surface area contributed by atoms with Crippen LogP contribution in [0.2, 0.25) is 0 Å². The van der Waals surface area contributed by atoms with E-state index in [2.05, 4.69) is 20.4 Å². The van der Waals surface area contributed by atoms with Gasteiger partial charge >= 0.3 is 0 Å². The van der Waals surface area contributed by atoms with Crippen LogP contribution < -0.4 is 10.9 Å². The van der Waals surface area contributed by atoms with Crippen molar-refractivity contribution in [2.75, 3.05) is 5.32 Å². The average Bonchev–Trinajstić information content (AvgIpc) is 2.95. The summed E-state index contributed by atoms with van der Waals surface area (Å²) < 4.78 is 1.43.